The largest absolute Gasteiger partial charge is 2.00 e. The van der Waals surface area contributed by atoms with E-state index in [-0.39, 0.29) is 60.9 Å². The zero-order valence-electron chi connectivity index (χ0n) is 46.3. The third-order valence-electron chi connectivity index (χ3n) is 9.83. The van der Waals surface area contributed by atoms with Crippen molar-refractivity contribution >= 4 is 60.6 Å². The Morgan fingerprint density at radius 1 is 0.393 bits per heavy atom. The number of fused-ring (bicyclic) bond motifs is 6. The molecular weight excluding hydrogens is 1200 g/mol. The van der Waals surface area contributed by atoms with Crippen molar-refractivity contribution in [3.63, 3.8) is 0 Å². The number of benzene rings is 5. The van der Waals surface area contributed by atoms with Gasteiger partial charge < -0.3 is 80.5 Å². The van der Waals surface area contributed by atoms with Gasteiger partial charge in [-0.05, 0) is 102 Å². The molecule has 10 N–H and O–H groups in total. The number of nitrogens with one attached hydrogen (secondary N) is 2. The van der Waals surface area contributed by atoms with Crippen LogP contribution in [0.25, 0.3) is 22.8 Å². The Morgan fingerprint density at radius 2 is 0.631 bits per heavy atom. The van der Waals surface area contributed by atoms with Gasteiger partial charge in [0.1, 0.15) is 23.0 Å². The van der Waals surface area contributed by atoms with Crippen LogP contribution in [0.2, 0.25) is 0 Å². The Morgan fingerprint density at radius 3 is 0.893 bits per heavy atom. The van der Waals surface area contributed by atoms with Crippen molar-refractivity contribution in [3.05, 3.63) is 144 Å². The molecule has 0 amide bonds. The van der Waals surface area contributed by atoms with Crippen molar-refractivity contribution in [2.24, 2.45) is 20.4 Å². The predicted molar refractivity (Wildman–Crippen MR) is 296 cm³/mol. The summed E-state index contributed by atoms with van der Waals surface area (Å²) in [5, 5.41) is 72.1. The average molecular weight is 1270 g/mol. The van der Waals surface area contributed by atoms with E-state index in [4.69, 9.17) is 68.8 Å². The van der Waals surface area contributed by atoms with Crippen molar-refractivity contribution in [1.29, 1.82) is 0 Å². The van der Waals surface area contributed by atoms with Gasteiger partial charge in [-0.15, -0.1) is 20.4 Å². The van der Waals surface area contributed by atoms with Gasteiger partial charge in [0.05, 0.1) is 51.3 Å². The summed E-state index contributed by atoms with van der Waals surface area (Å²) in [5.74, 6) is 0.0661. The van der Waals surface area contributed by atoms with Crippen molar-refractivity contribution in [3.8, 4) is 45.8 Å². The van der Waals surface area contributed by atoms with Gasteiger partial charge in [0, 0.05) is 57.3 Å². The number of rotatable bonds is 2. The molecule has 2 aromatic heterocycles. The summed E-state index contributed by atoms with van der Waals surface area (Å²) in [7, 11) is 0. The molecule has 0 saturated carbocycles. The molecule has 84 heavy (non-hydrogen) atoms. The van der Waals surface area contributed by atoms with E-state index in [0.717, 1.165) is 98.3 Å². The number of carbonyl (C=O) groups excluding carboxylic acids is 4. The monoisotopic (exact) mass is 1260 g/mol. The number of para-hydroxylation sites is 4. The molecule has 30 heteroatoms. The summed E-state index contributed by atoms with van der Waals surface area (Å²) in [6, 6.07) is 38.6. The third-order valence-corrected chi connectivity index (χ3v) is 9.83. The van der Waals surface area contributed by atoms with Crippen LogP contribution in [-0.4, -0.2) is 127 Å². The maximum Gasteiger partial charge on any atom is 2.00 e. The zero-order chi connectivity index (χ0) is 56.1. The van der Waals surface area contributed by atoms with Gasteiger partial charge in [0.15, 0.2) is 11.6 Å². The molecule has 0 unspecified atom stereocenters. The smallest absolute Gasteiger partial charge is 0.550 e. The Hall–Kier alpha value is -9.17. The molecule has 0 atom stereocenters. The first-order valence-corrected chi connectivity index (χ1v) is 24.0. The fourth-order valence-corrected chi connectivity index (χ4v) is 6.62. The molecule has 0 fully saturated rings. The Kier molecular flexibility index (Phi) is 38.2. The first-order chi connectivity index (χ1) is 37.7. The van der Waals surface area contributed by atoms with Crippen molar-refractivity contribution in [1.82, 2.24) is 29.7 Å². The minimum Gasteiger partial charge on any atom is -0.550 e. The van der Waals surface area contributed by atoms with Crippen LogP contribution in [0.1, 0.15) is 75.6 Å². The number of aliphatic carboxylic acids is 4. The number of hydrazone groups is 2. The van der Waals surface area contributed by atoms with E-state index in [1.54, 1.807) is 34.2 Å². The standard InChI is InChI=1S/C46H42N12O4.4C2H4O2.4H2O.2Zn/c1-5-17-39-35(13-1)29-47-53-45-55-51-43(57(45)49-31-37-15-3-7-19-41(37)61-27-11-9-25-59-39)33-21-23-34(24-22-33)44-52-56-46-54-48-30-36-14-2-6-18-40(36)60-26-10-12-28-62-42-20-8-4-16-38(42)32-50-58(44)46;4*1-2(3)4;;;;;;/h1-8,13-24,29-32H,9-12,25-28H2,(H,53,55)(H,54,56);4*1H3,(H,3,4);4*1H2;;/q;;;;;;;;;2*+2/p-4/b47-29+,48-30+,49-31+,50-32+;;;;;;;;;;. The number of hydrogen-bond donors (Lipinski definition) is 2. The van der Waals surface area contributed by atoms with Crippen LogP contribution in [0.3, 0.4) is 0 Å². The Bertz CT molecular complexity index is 2960. The zero-order valence-corrected chi connectivity index (χ0v) is 52.2. The van der Waals surface area contributed by atoms with E-state index in [0.29, 0.717) is 61.5 Å². The molecule has 7 aromatic rings. The molecule has 4 heterocycles. The van der Waals surface area contributed by atoms with Gasteiger partial charge in [0.2, 0.25) is 0 Å². The van der Waals surface area contributed by atoms with Gasteiger partial charge in [0.25, 0.3) is 11.9 Å². The van der Waals surface area contributed by atoms with Gasteiger partial charge in [-0.25, -0.2) is 10.9 Å². The first-order valence-electron chi connectivity index (χ1n) is 24.0. The second-order valence-electron chi connectivity index (χ2n) is 16.1. The number of carboxylic acid groups (broad SMARTS) is 4. The van der Waals surface area contributed by atoms with Crippen LogP contribution < -0.4 is 50.2 Å². The Balaban J connectivity index is 0. The fourth-order valence-electron chi connectivity index (χ4n) is 6.62. The molecule has 0 radical (unpaired) electrons. The van der Waals surface area contributed by atoms with E-state index in [1.165, 1.54) is 0 Å². The topological polar surface area (TPSA) is 458 Å². The number of carbonyl (C=O) groups is 4. The predicted octanol–water partition coefficient (Wildman–Crippen LogP) is -0.316. The van der Waals surface area contributed by atoms with Gasteiger partial charge in [-0.2, -0.15) is 29.8 Å². The molecule has 2 aliphatic heterocycles. The minimum absolute atomic E-state index is 0. The SMILES string of the molecule is C1=N/Nc2nnc(-c3ccc(-c4nnc5n4/N=C/c4ccccc4OCCCCOc4ccccc4/C=N/N5)cc3)n2/N=C/c2ccccc2OCCCCOc2ccccc2/1.CC(=O)[O-].CC(=O)[O-].CC(=O)[O-].CC(=O)[O-].O.O.O.O.[Zn+2].[Zn+2]. The van der Waals surface area contributed by atoms with Gasteiger partial charge in [-0.1, -0.05) is 72.8 Å². The van der Waals surface area contributed by atoms with E-state index in [1.807, 2.05) is 121 Å². The number of aromatic nitrogens is 6. The fraction of sp³-hybridized carbons (Fsp3) is 0.222. The number of nitrogens with zero attached hydrogens (tertiary/aromatic N) is 10. The summed E-state index contributed by atoms with van der Waals surface area (Å²) in [5.41, 5.74) is 10.7. The number of ether oxygens (including phenoxy) is 4. The first kappa shape index (κ1) is 76.9. The molecule has 2 aliphatic rings. The Labute approximate surface area is 507 Å². The summed E-state index contributed by atoms with van der Waals surface area (Å²) < 4.78 is 27.7. The molecular formula is C54H62N12O16Zn2. The maximum absolute atomic E-state index is 8.89. The average Bonchev–Trinajstić information content (AvgIpc) is 4.02. The summed E-state index contributed by atoms with van der Waals surface area (Å²) in [6.45, 7) is 6.05. The quantitative estimate of drug-likeness (QED) is 0.210. The third kappa shape index (κ3) is 26.6. The van der Waals surface area contributed by atoms with Crippen molar-refractivity contribution in [2.45, 2.75) is 53.4 Å². The summed E-state index contributed by atoms with van der Waals surface area (Å²) in [4.78, 5) is 35.6. The molecule has 438 valence electrons. The molecule has 0 aliphatic carbocycles. The van der Waals surface area contributed by atoms with Crippen molar-refractivity contribution < 1.29 is 119 Å². The van der Waals surface area contributed by atoms with E-state index in [2.05, 4.69) is 41.4 Å². The van der Waals surface area contributed by atoms with E-state index >= 15 is 0 Å². The maximum atomic E-state index is 8.89. The van der Waals surface area contributed by atoms with Crippen LogP contribution in [0, 0.1) is 0 Å². The minimum atomic E-state index is -1.08. The summed E-state index contributed by atoms with van der Waals surface area (Å²) in [6.07, 6.45) is 10.1. The van der Waals surface area contributed by atoms with Crippen LogP contribution in [0.5, 0.6) is 23.0 Å². The molecule has 9 rings (SSSR count). The van der Waals surface area contributed by atoms with Gasteiger partial charge >= 0.3 is 39.0 Å². The van der Waals surface area contributed by atoms with E-state index in [9.17, 15) is 0 Å². The van der Waals surface area contributed by atoms with Crippen molar-refractivity contribution in [2.75, 3.05) is 37.3 Å². The molecule has 0 saturated heterocycles. The summed E-state index contributed by atoms with van der Waals surface area (Å²) >= 11 is 0. The van der Waals surface area contributed by atoms with Crippen LogP contribution in [0.15, 0.2) is 142 Å². The number of anilines is 2. The van der Waals surface area contributed by atoms with E-state index < -0.39 is 23.9 Å². The number of hydrogen-bond acceptors (Lipinski definition) is 22. The molecule has 0 spiro atoms. The van der Waals surface area contributed by atoms with Crippen LogP contribution >= 0.6 is 0 Å². The van der Waals surface area contributed by atoms with Crippen LogP contribution in [0.4, 0.5) is 11.9 Å². The van der Waals surface area contributed by atoms with Crippen LogP contribution in [-0.2, 0) is 58.1 Å². The molecule has 28 nitrogen and oxygen atoms in total. The second-order valence-corrected chi connectivity index (χ2v) is 16.1. The second kappa shape index (κ2) is 41.8. The number of carboxylic acids is 4. The molecule has 0 bridgehead atoms. The van der Waals surface area contributed by atoms with Gasteiger partial charge in [-0.3, -0.25) is 0 Å². The normalized spacial score (nSPS) is 13.4. The molecule has 5 aromatic carbocycles.